The van der Waals surface area contributed by atoms with Gasteiger partial charge in [0.2, 0.25) is 0 Å². The first-order chi connectivity index (χ1) is 12.4. The summed E-state index contributed by atoms with van der Waals surface area (Å²) >= 11 is 1.86. The molecule has 1 aromatic carbocycles. The van der Waals surface area contributed by atoms with Gasteiger partial charge >= 0.3 is 6.18 Å². The lowest BCUT2D eigenvalue weighted by Gasteiger charge is -2.35. The van der Waals surface area contributed by atoms with Gasteiger partial charge in [-0.1, -0.05) is 25.5 Å². The number of hydrogen-bond acceptors (Lipinski definition) is 3. The van der Waals surface area contributed by atoms with Crippen molar-refractivity contribution in [3.05, 3.63) is 41.9 Å². The van der Waals surface area contributed by atoms with Crippen molar-refractivity contribution in [1.82, 2.24) is 14.9 Å². The average molecular weight is 383 g/mol. The average Bonchev–Trinajstić information content (AvgIpc) is 3.11. The van der Waals surface area contributed by atoms with Crippen LogP contribution in [0.5, 0.6) is 0 Å². The van der Waals surface area contributed by atoms with Gasteiger partial charge < -0.3 is 4.98 Å². The monoisotopic (exact) mass is 383 g/mol. The molecule has 7 heteroatoms. The van der Waals surface area contributed by atoms with Gasteiger partial charge in [0.25, 0.3) is 0 Å². The van der Waals surface area contributed by atoms with Gasteiger partial charge in [0.15, 0.2) is 0 Å². The third-order valence-corrected chi connectivity index (χ3v) is 5.90. The second-order valence-electron chi connectivity index (χ2n) is 6.81. The minimum absolute atomic E-state index is 0.251. The van der Waals surface area contributed by atoms with E-state index in [0.717, 1.165) is 48.7 Å². The minimum Gasteiger partial charge on any atom is -0.341 e. The van der Waals surface area contributed by atoms with E-state index >= 15 is 0 Å². The molecule has 2 heterocycles. The quantitative estimate of drug-likeness (QED) is 0.753. The molecule has 2 aromatic rings. The van der Waals surface area contributed by atoms with E-state index in [9.17, 15) is 13.2 Å². The number of alkyl halides is 3. The standard InChI is InChI=1S/C19H24F3N3S/c1-13(26-2)12-25-10-4-3-5-17(25)18-23-11-16(24-18)14-6-8-15(9-7-14)19(20,21)22/h6-9,11,13,17H,3-5,10,12H2,1-2H3,(H,23,24). The van der Waals surface area contributed by atoms with Crippen LogP contribution in [0, 0.1) is 0 Å². The lowest BCUT2D eigenvalue weighted by Crippen LogP contribution is -2.37. The third kappa shape index (κ3) is 4.43. The van der Waals surface area contributed by atoms with E-state index in [-0.39, 0.29) is 6.04 Å². The molecule has 0 spiro atoms. The number of H-pyrrole nitrogens is 1. The van der Waals surface area contributed by atoms with Crippen LogP contribution >= 0.6 is 11.8 Å². The van der Waals surface area contributed by atoms with Crippen LogP contribution in [0.1, 0.15) is 43.6 Å². The Morgan fingerprint density at radius 2 is 2.00 bits per heavy atom. The summed E-state index contributed by atoms with van der Waals surface area (Å²) in [5, 5.41) is 0.556. The third-order valence-electron chi connectivity index (χ3n) is 4.94. The van der Waals surface area contributed by atoms with Gasteiger partial charge in [-0.3, -0.25) is 4.90 Å². The van der Waals surface area contributed by atoms with Gasteiger partial charge in [0.1, 0.15) is 5.82 Å². The minimum atomic E-state index is -4.31. The second kappa shape index (κ2) is 8.05. The molecule has 2 unspecified atom stereocenters. The largest absolute Gasteiger partial charge is 0.416 e. The zero-order chi connectivity index (χ0) is 18.7. The zero-order valence-corrected chi connectivity index (χ0v) is 15.8. The summed E-state index contributed by atoms with van der Waals surface area (Å²) < 4.78 is 38.2. The number of aromatic amines is 1. The highest BCUT2D eigenvalue weighted by atomic mass is 32.2. The van der Waals surface area contributed by atoms with Crippen LogP contribution in [0.2, 0.25) is 0 Å². The Morgan fingerprint density at radius 3 is 2.65 bits per heavy atom. The number of likely N-dealkylation sites (tertiary alicyclic amines) is 1. The maximum atomic E-state index is 12.7. The highest BCUT2D eigenvalue weighted by molar-refractivity contribution is 7.99. The van der Waals surface area contributed by atoms with Crippen molar-refractivity contribution in [2.24, 2.45) is 0 Å². The molecular formula is C19H24F3N3S. The number of piperidine rings is 1. The first-order valence-corrected chi connectivity index (χ1v) is 10.2. The molecule has 26 heavy (non-hydrogen) atoms. The predicted molar refractivity (Wildman–Crippen MR) is 100 cm³/mol. The normalized spacial score (nSPS) is 20.3. The molecule has 1 aliphatic rings. The molecule has 3 rings (SSSR count). The summed E-state index contributed by atoms with van der Waals surface area (Å²) in [5.74, 6) is 0.910. The fourth-order valence-corrected chi connectivity index (χ4v) is 3.76. The summed E-state index contributed by atoms with van der Waals surface area (Å²) in [7, 11) is 0. The molecule has 1 saturated heterocycles. The topological polar surface area (TPSA) is 31.9 Å². The number of halogens is 3. The van der Waals surface area contributed by atoms with Crippen molar-refractivity contribution in [1.29, 1.82) is 0 Å². The summed E-state index contributed by atoms with van der Waals surface area (Å²) in [6.45, 7) is 4.31. The number of nitrogens with zero attached hydrogens (tertiary/aromatic N) is 2. The lowest BCUT2D eigenvalue weighted by atomic mass is 10.0. The van der Waals surface area contributed by atoms with Crippen molar-refractivity contribution in [3.63, 3.8) is 0 Å². The smallest absolute Gasteiger partial charge is 0.341 e. The Morgan fingerprint density at radius 1 is 1.27 bits per heavy atom. The van der Waals surface area contributed by atoms with E-state index < -0.39 is 11.7 Å². The summed E-state index contributed by atoms with van der Waals surface area (Å²) in [6.07, 6.45) is 2.96. The Bertz CT molecular complexity index is 712. The van der Waals surface area contributed by atoms with E-state index in [0.29, 0.717) is 5.25 Å². The maximum Gasteiger partial charge on any atom is 0.416 e. The number of hydrogen-bond donors (Lipinski definition) is 1. The molecular weight excluding hydrogens is 359 g/mol. The molecule has 0 aliphatic carbocycles. The van der Waals surface area contributed by atoms with Crippen LogP contribution < -0.4 is 0 Å². The number of imidazole rings is 1. The maximum absolute atomic E-state index is 12.7. The SMILES string of the molecule is CSC(C)CN1CCCCC1c1ncc(-c2ccc(C(F)(F)F)cc2)[nH]1. The molecule has 0 amide bonds. The fourth-order valence-electron chi connectivity index (χ4n) is 3.42. The molecule has 0 saturated carbocycles. The van der Waals surface area contributed by atoms with Gasteiger partial charge in [0, 0.05) is 11.8 Å². The molecule has 0 bridgehead atoms. The lowest BCUT2D eigenvalue weighted by molar-refractivity contribution is -0.137. The van der Waals surface area contributed by atoms with Crippen LogP contribution in [0.15, 0.2) is 30.5 Å². The van der Waals surface area contributed by atoms with E-state index in [1.165, 1.54) is 25.0 Å². The molecule has 142 valence electrons. The highest BCUT2D eigenvalue weighted by Crippen LogP contribution is 2.33. The fraction of sp³-hybridized carbons (Fsp3) is 0.526. The molecule has 1 fully saturated rings. The van der Waals surface area contributed by atoms with Crippen molar-refractivity contribution in [3.8, 4) is 11.3 Å². The van der Waals surface area contributed by atoms with Crippen LogP contribution in [-0.4, -0.2) is 39.5 Å². The van der Waals surface area contributed by atoms with Crippen molar-refractivity contribution in [2.75, 3.05) is 19.3 Å². The highest BCUT2D eigenvalue weighted by Gasteiger charge is 2.30. The van der Waals surface area contributed by atoms with Crippen LogP contribution in [-0.2, 0) is 6.18 Å². The molecule has 1 N–H and O–H groups in total. The first kappa shape index (κ1) is 19.3. The first-order valence-electron chi connectivity index (χ1n) is 8.88. The van der Waals surface area contributed by atoms with Crippen molar-refractivity contribution in [2.45, 2.75) is 43.7 Å². The Hall–Kier alpha value is -1.47. The van der Waals surface area contributed by atoms with Crippen LogP contribution in [0.25, 0.3) is 11.3 Å². The number of thioether (sulfide) groups is 1. The molecule has 2 atom stereocenters. The summed E-state index contributed by atoms with van der Waals surface area (Å²) in [6, 6.07) is 5.47. The van der Waals surface area contributed by atoms with E-state index in [1.807, 2.05) is 11.8 Å². The Kier molecular flexibility index (Phi) is 5.97. The molecule has 0 radical (unpaired) electrons. The van der Waals surface area contributed by atoms with Gasteiger partial charge in [-0.25, -0.2) is 4.98 Å². The second-order valence-corrected chi connectivity index (χ2v) is 8.09. The van der Waals surface area contributed by atoms with E-state index in [4.69, 9.17) is 0 Å². The van der Waals surface area contributed by atoms with Crippen molar-refractivity contribution >= 4 is 11.8 Å². The van der Waals surface area contributed by atoms with Gasteiger partial charge in [0.05, 0.1) is 23.5 Å². The summed E-state index contributed by atoms with van der Waals surface area (Å²) in [4.78, 5) is 10.4. The van der Waals surface area contributed by atoms with Crippen LogP contribution in [0.4, 0.5) is 13.2 Å². The summed E-state index contributed by atoms with van der Waals surface area (Å²) in [5.41, 5.74) is 0.847. The number of rotatable bonds is 5. The van der Waals surface area contributed by atoms with Crippen LogP contribution in [0.3, 0.4) is 0 Å². The number of nitrogens with one attached hydrogen (secondary N) is 1. The van der Waals surface area contributed by atoms with Gasteiger partial charge in [-0.15, -0.1) is 0 Å². The zero-order valence-electron chi connectivity index (χ0n) is 15.0. The molecule has 3 nitrogen and oxygen atoms in total. The van der Waals surface area contributed by atoms with Crippen molar-refractivity contribution < 1.29 is 13.2 Å². The van der Waals surface area contributed by atoms with E-state index in [2.05, 4.69) is 28.0 Å². The predicted octanol–water partition coefficient (Wildman–Crippen LogP) is 5.37. The van der Waals surface area contributed by atoms with E-state index in [1.54, 1.807) is 6.20 Å². The number of aromatic nitrogens is 2. The van der Waals surface area contributed by atoms with Gasteiger partial charge in [-0.2, -0.15) is 24.9 Å². The number of benzene rings is 1. The van der Waals surface area contributed by atoms with Gasteiger partial charge in [-0.05, 0) is 43.3 Å². The Labute approximate surface area is 156 Å². The Balaban J connectivity index is 1.77. The molecule has 1 aliphatic heterocycles. The molecule has 1 aromatic heterocycles.